The third-order valence-corrected chi connectivity index (χ3v) is 5.31. The lowest BCUT2D eigenvalue weighted by molar-refractivity contribution is 0.189. The molecule has 1 fully saturated rings. The number of aliphatic hydroxyl groups excluding tert-OH is 1. The number of rotatable bonds is 5. The molecule has 2 atom stereocenters. The summed E-state index contributed by atoms with van der Waals surface area (Å²) in [6.45, 7) is 1.84. The summed E-state index contributed by atoms with van der Waals surface area (Å²) in [4.78, 5) is 9.76. The van der Waals surface area contributed by atoms with E-state index in [1.54, 1.807) is 0 Å². The molecule has 1 rings (SSSR count). The van der Waals surface area contributed by atoms with Gasteiger partial charge in [0.05, 0.1) is 12.3 Å². The van der Waals surface area contributed by atoms with Crippen LogP contribution in [0.5, 0.6) is 0 Å². The Hall–Kier alpha value is 0.150. The Balaban J connectivity index is 2.36. The summed E-state index contributed by atoms with van der Waals surface area (Å²) >= 11 is 0. The van der Waals surface area contributed by atoms with Gasteiger partial charge in [-0.25, -0.2) is 0 Å². The first kappa shape index (κ1) is 13.2. The largest absolute Gasteiger partial charge is 0.393 e. The van der Waals surface area contributed by atoms with Crippen molar-refractivity contribution in [3.05, 3.63) is 0 Å². The van der Waals surface area contributed by atoms with Crippen LogP contribution in [-0.4, -0.2) is 28.4 Å². The summed E-state index contributed by atoms with van der Waals surface area (Å²) in [7, 11) is -3.08. The Bertz CT molecular complexity index is 224. The molecule has 0 radical (unpaired) electrons. The van der Waals surface area contributed by atoms with Gasteiger partial charge in [0.1, 0.15) is 0 Å². The lowest BCUT2D eigenvalue weighted by atomic mass is 9.91. The number of hydrogen-bond donors (Lipinski definition) is 2. The van der Waals surface area contributed by atoms with E-state index in [-0.39, 0.29) is 6.16 Å². The van der Waals surface area contributed by atoms with E-state index in [1.807, 2.05) is 6.92 Å². The quantitative estimate of drug-likeness (QED) is 0.719. The Labute approximate surface area is 92.3 Å². The van der Waals surface area contributed by atoms with Crippen molar-refractivity contribution in [1.29, 1.82) is 0 Å². The smallest absolute Gasteiger partial charge is 0.203 e. The Morgan fingerprint density at radius 1 is 1.33 bits per heavy atom. The van der Waals surface area contributed by atoms with Crippen molar-refractivity contribution >= 4 is 7.37 Å². The topological polar surface area (TPSA) is 57.5 Å². The molecule has 0 saturated heterocycles. The molecule has 0 aromatic heterocycles. The highest BCUT2D eigenvalue weighted by Gasteiger charge is 2.27. The molecule has 0 heterocycles. The van der Waals surface area contributed by atoms with E-state index in [9.17, 15) is 14.6 Å². The van der Waals surface area contributed by atoms with Crippen molar-refractivity contribution < 1.29 is 14.6 Å². The van der Waals surface area contributed by atoms with Gasteiger partial charge < -0.3 is 10.00 Å². The van der Waals surface area contributed by atoms with Gasteiger partial charge in [0.2, 0.25) is 7.37 Å². The minimum Gasteiger partial charge on any atom is -0.393 e. The minimum atomic E-state index is -3.08. The second kappa shape index (κ2) is 6.03. The van der Waals surface area contributed by atoms with Crippen molar-refractivity contribution in [1.82, 2.24) is 0 Å². The predicted molar refractivity (Wildman–Crippen MR) is 62.4 cm³/mol. The van der Waals surface area contributed by atoms with Crippen LogP contribution in [0.3, 0.4) is 0 Å². The maximum Gasteiger partial charge on any atom is 0.203 e. The monoisotopic (exact) mass is 234 g/mol. The molecule has 1 saturated carbocycles. The summed E-state index contributed by atoms with van der Waals surface area (Å²) in [5.74, 6) is 0.415. The lowest BCUT2D eigenvalue weighted by Crippen LogP contribution is -2.17. The molecule has 4 heteroatoms. The van der Waals surface area contributed by atoms with Crippen LogP contribution in [0, 0.1) is 5.92 Å². The lowest BCUT2D eigenvalue weighted by Gasteiger charge is -2.24. The van der Waals surface area contributed by atoms with Crippen molar-refractivity contribution in [2.24, 2.45) is 5.92 Å². The van der Waals surface area contributed by atoms with Gasteiger partial charge in [0.25, 0.3) is 0 Å². The number of aliphatic hydroxyl groups is 1. The molecule has 1 unspecified atom stereocenters. The van der Waals surface area contributed by atoms with Crippen LogP contribution < -0.4 is 0 Å². The molecular weight excluding hydrogens is 211 g/mol. The Morgan fingerprint density at radius 3 is 2.47 bits per heavy atom. The molecule has 0 aliphatic heterocycles. The first-order chi connectivity index (χ1) is 7.03. The Morgan fingerprint density at radius 2 is 1.93 bits per heavy atom. The van der Waals surface area contributed by atoms with E-state index in [0.29, 0.717) is 18.5 Å². The highest BCUT2D eigenvalue weighted by molar-refractivity contribution is 7.58. The standard InChI is InChI=1S/C11H23O3P/c1-2-11(12)9-15(13,14)8-10-6-4-3-5-7-10/h10-12H,2-9H2,1H3,(H,13,14)/t11-/m1/s1. The van der Waals surface area contributed by atoms with E-state index in [1.165, 1.54) is 19.3 Å². The maximum absolute atomic E-state index is 11.8. The van der Waals surface area contributed by atoms with E-state index in [0.717, 1.165) is 12.8 Å². The van der Waals surface area contributed by atoms with Crippen molar-refractivity contribution in [2.75, 3.05) is 12.3 Å². The average molecular weight is 234 g/mol. The molecule has 2 N–H and O–H groups in total. The fourth-order valence-electron chi connectivity index (χ4n) is 2.31. The van der Waals surface area contributed by atoms with E-state index in [4.69, 9.17) is 0 Å². The van der Waals surface area contributed by atoms with Crippen molar-refractivity contribution in [2.45, 2.75) is 51.6 Å². The first-order valence-corrected chi connectivity index (χ1v) is 8.05. The average Bonchev–Trinajstić information content (AvgIpc) is 2.17. The highest BCUT2D eigenvalue weighted by Crippen LogP contribution is 2.46. The minimum absolute atomic E-state index is 0.0833. The fourth-order valence-corrected chi connectivity index (χ4v) is 4.54. The summed E-state index contributed by atoms with van der Waals surface area (Å²) in [6.07, 6.45) is 6.30. The fraction of sp³-hybridized carbons (Fsp3) is 1.00. The van der Waals surface area contributed by atoms with Gasteiger partial charge >= 0.3 is 0 Å². The molecule has 15 heavy (non-hydrogen) atoms. The summed E-state index contributed by atoms with van der Waals surface area (Å²) in [5, 5.41) is 9.39. The van der Waals surface area contributed by atoms with Gasteiger partial charge in [-0.2, -0.15) is 0 Å². The van der Waals surface area contributed by atoms with Crippen LogP contribution in [0.25, 0.3) is 0 Å². The molecule has 0 bridgehead atoms. The first-order valence-electron chi connectivity index (χ1n) is 6.02. The molecule has 0 aromatic carbocycles. The molecule has 0 spiro atoms. The van der Waals surface area contributed by atoms with Crippen LogP contribution in [0.15, 0.2) is 0 Å². The van der Waals surface area contributed by atoms with Gasteiger partial charge in [-0.1, -0.05) is 26.2 Å². The van der Waals surface area contributed by atoms with Crippen molar-refractivity contribution in [3.63, 3.8) is 0 Å². The second-order valence-corrected chi connectivity index (χ2v) is 7.20. The van der Waals surface area contributed by atoms with E-state index < -0.39 is 13.5 Å². The molecule has 1 aliphatic carbocycles. The van der Waals surface area contributed by atoms with Gasteiger partial charge in [0.15, 0.2) is 0 Å². The molecule has 3 nitrogen and oxygen atoms in total. The predicted octanol–water partition coefficient (Wildman–Crippen LogP) is 2.61. The maximum atomic E-state index is 11.8. The third-order valence-electron chi connectivity index (χ3n) is 3.24. The zero-order chi connectivity index (χ0) is 11.3. The van der Waals surface area contributed by atoms with Gasteiger partial charge in [-0.3, -0.25) is 4.57 Å². The molecule has 90 valence electrons. The zero-order valence-electron chi connectivity index (χ0n) is 9.56. The van der Waals surface area contributed by atoms with Gasteiger partial charge in [-0.05, 0) is 25.2 Å². The van der Waals surface area contributed by atoms with Crippen LogP contribution in [-0.2, 0) is 4.57 Å². The molecule has 0 aromatic rings. The van der Waals surface area contributed by atoms with E-state index >= 15 is 0 Å². The number of hydrogen-bond acceptors (Lipinski definition) is 2. The van der Waals surface area contributed by atoms with E-state index in [2.05, 4.69) is 0 Å². The van der Waals surface area contributed by atoms with Crippen LogP contribution >= 0.6 is 7.37 Å². The molecule has 0 amide bonds. The van der Waals surface area contributed by atoms with Crippen LogP contribution in [0.4, 0.5) is 0 Å². The summed E-state index contributed by atoms with van der Waals surface area (Å²) < 4.78 is 11.8. The van der Waals surface area contributed by atoms with Crippen LogP contribution in [0.1, 0.15) is 45.4 Å². The summed E-state index contributed by atoms with van der Waals surface area (Å²) in [5.41, 5.74) is 0. The second-order valence-electron chi connectivity index (χ2n) is 4.78. The van der Waals surface area contributed by atoms with Crippen molar-refractivity contribution in [3.8, 4) is 0 Å². The molecule has 1 aliphatic rings. The van der Waals surface area contributed by atoms with Crippen LogP contribution in [0.2, 0.25) is 0 Å². The van der Waals surface area contributed by atoms with Gasteiger partial charge in [-0.15, -0.1) is 0 Å². The normalized spacial score (nSPS) is 24.7. The summed E-state index contributed by atoms with van der Waals surface area (Å²) in [6, 6.07) is 0. The zero-order valence-corrected chi connectivity index (χ0v) is 10.5. The van der Waals surface area contributed by atoms with Gasteiger partial charge in [0, 0.05) is 6.16 Å². The highest BCUT2D eigenvalue weighted by atomic mass is 31.2. The molecular formula is C11H23O3P. The third kappa shape index (κ3) is 5.14. The Kier molecular flexibility index (Phi) is 5.31. The SMILES string of the molecule is CC[C@@H](O)CP(=O)(O)CC1CCCCC1.